The smallest absolute Gasteiger partial charge is 0.150 e. The van der Waals surface area contributed by atoms with Crippen LogP contribution in [0.3, 0.4) is 0 Å². The van der Waals surface area contributed by atoms with Crippen molar-refractivity contribution < 1.29 is 14.2 Å². The van der Waals surface area contributed by atoms with Crippen LogP contribution in [0.25, 0.3) is 21.6 Å². The van der Waals surface area contributed by atoms with Crippen LogP contribution in [0.2, 0.25) is 0 Å². The first-order valence-corrected chi connectivity index (χ1v) is 13.3. The highest BCUT2D eigenvalue weighted by molar-refractivity contribution is 7.13. The summed E-state index contributed by atoms with van der Waals surface area (Å²) in [5, 5.41) is 15.0. The van der Waals surface area contributed by atoms with Crippen LogP contribution in [0, 0.1) is 11.3 Å². The highest BCUT2D eigenvalue weighted by Crippen LogP contribution is 2.44. The van der Waals surface area contributed by atoms with E-state index in [9.17, 15) is 5.26 Å². The number of morpholine rings is 1. The van der Waals surface area contributed by atoms with Crippen molar-refractivity contribution in [2.45, 2.75) is 56.7 Å². The molecule has 35 heavy (non-hydrogen) atoms. The molecule has 0 N–H and O–H groups in total. The van der Waals surface area contributed by atoms with Gasteiger partial charge < -0.3 is 19.1 Å². The fraction of sp³-hybridized carbons (Fsp3) is 0.600. The first kappa shape index (κ1) is 22.9. The third-order valence-electron chi connectivity index (χ3n) is 7.49. The molecule has 184 valence electrons. The molecule has 0 radical (unpaired) electrons. The second kappa shape index (κ2) is 9.47. The Kier molecular flexibility index (Phi) is 6.18. The van der Waals surface area contributed by atoms with Crippen LogP contribution in [0.4, 0.5) is 5.82 Å². The van der Waals surface area contributed by atoms with Gasteiger partial charge in [-0.05, 0) is 68.3 Å². The van der Waals surface area contributed by atoms with Gasteiger partial charge in [0.25, 0.3) is 0 Å². The Labute approximate surface area is 208 Å². The van der Waals surface area contributed by atoms with Crippen LogP contribution in [-0.2, 0) is 19.6 Å². The van der Waals surface area contributed by atoms with E-state index >= 15 is 0 Å². The molecule has 9 nitrogen and oxygen atoms in total. The topological polar surface area (TPSA) is 98.3 Å². The van der Waals surface area contributed by atoms with Crippen molar-refractivity contribution in [2.24, 2.45) is 0 Å². The number of hydrogen-bond donors (Lipinski definition) is 0. The molecule has 3 aliphatic heterocycles. The van der Waals surface area contributed by atoms with Gasteiger partial charge in [0, 0.05) is 32.6 Å². The van der Waals surface area contributed by atoms with Crippen LogP contribution < -0.4 is 4.90 Å². The van der Waals surface area contributed by atoms with E-state index in [0.29, 0.717) is 39.3 Å². The predicted molar refractivity (Wildman–Crippen MR) is 132 cm³/mol. The molecule has 3 saturated heterocycles. The molecule has 3 aromatic rings. The lowest BCUT2D eigenvalue weighted by molar-refractivity contribution is -0.0383. The van der Waals surface area contributed by atoms with Gasteiger partial charge in [-0.2, -0.15) is 14.7 Å². The van der Waals surface area contributed by atoms with E-state index in [1.54, 1.807) is 0 Å². The number of rotatable bonds is 4. The monoisotopic (exact) mass is 494 g/mol. The van der Waals surface area contributed by atoms with E-state index in [4.69, 9.17) is 23.6 Å². The summed E-state index contributed by atoms with van der Waals surface area (Å²) in [6, 6.07) is 6.98. The summed E-state index contributed by atoms with van der Waals surface area (Å²) in [4.78, 5) is 7.46. The standard InChI is InChI=1S/C25H30N6O3S/c1-17-15-33-13-9-30(17)20-14-18(25(16-26)6-11-32-12-7-25)24-23(28-20)22(29-35-24)19-5-8-27-31(19)21-4-2-3-10-34-21/h5,8,14,17,21H,2-4,6-7,9-13,15H2,1H3/t17-,21?/m1/s1. The van der Waals surface area contributed by atoms with Gasteiger partial charge >= 0.3 is 0 Å². The van der Waals surface area contributed by atoms with Crippen LogP contribution in [0.5, 0.6) is 0 Å². The Morgan fingerprint density at radius 3 is 2.83 bits per heavy atom. The minimum absolute atomic E-state index is 0.0895. The molecule has 10 heteroatoms. The molecular weight excluding hydrogens is 464 g/mol. The highest BCUT2D eigenvalue weighted by Gasteiger charge is 2.39. The molecule has 6 heterocycles. The number of nitrogens with zero attached hydrogens (tertiary/aromatic N) is 6. The first-order valence-electron chi connectivity index (χ1n) is 12.5. The Bertz CT molecular complexity index is 1240. The molecule has 0 spiro atoms. The lowest BCUT2D eigenvalue weighted by atomic mass is 9.75. The summed E-state index contributed by atoms with van der Waals surface area (Å²) >= 11 is 1.43. The maximum atomic E-state index is 10.4. The van der Waals surface area contributed by atoms with Gasteiger partial charge in [-0.1, -0.05) is 0 Å². The van der Waals surface area contributed by atoms with E-state index < -0.39 is 5.41 Å². The third kappa shape index (κ3) is 4.00. The number of hydrogen-bond acceptors (Lipinski definition) is 9. The van der Waals surface area contributed by atoms with Crippen molar-refractivity contribution >= 4 is 27.6 Å². The van der Waals surface area contributed by atoms with Crippen molar-refractivity contribution in [3.63, 3.8) is 0 Å². The molecule has 0 aliphatic carbocycles. The fourth-order valence-electron chi connectivity index (χ4n) is 5.45. The van der Waals surface area contributed by atoms with Crippen molar-refractivity contribution in [3.05, 3.63) is 23.9 Å². The number of nitriles is 1. The van der Waals surface area contributed by atoms with Crippen molar-refractivity contribution in [1.29, 1.82) is 5.26 Å². The lowest BCUT2D eigenvalue weighted by Crippen LogP contribution is -2.44. The van der Waals surface area contributed by atoms with Gasteiger partial charge in [0.2, 0.25) is 0 Å². The average Bonchev–Trinajstić information content (AvgIpc) is 3.56. The van der Waals surface area contributed by atoms with Gasteiger partial charge in [-0.25, -0.2) is 9.67 Å². The van der Waals surface area contributed by atoms with Gasteiger partial charge in [0.05, 0.1) is 41.1 Å². The normalized spacial score (nSPS) is 25.0. The quantitative estimate of drug-likeness (QED) is 0.536. The Hall–Kier alpha value is -2.58. The van der Waals surface area contributed by atoms with Crippen molar-refractivity contribution in [2.75, 3.05) is 44.5 Å². The number of fused-ring (bicyclic) bond motifs is 1. The zero-order valence-electron chi connectivity index (χ0n) is 20.0. The van der Waals surface area contributed by atoms with Gasteiger partial charge in [-0.3, -0.25) is 0 Å². The molecule has 3 aromatic heterocycles. The summed E-state index contributed by atoms with van der Waals surface area (Å²) in [5.41, 5.74) is 2.96. The molecule has 1 unspecified atom stereocenters. The summed E-state index contributed by atoms with van der Waals surface area (Å²) in [5.74, 6) is 0.880. The molecule has 6 rings (SSSR count). The number of ether oxygens (including phenoxy) is 3. The minimum atomic E-state index is -0.611. The molecule has 3 aliphatic rings. The van der Waals surface area contributed by atoms with Crippen molar-refractivity contribution in [1.82, 2.24) is 19.1 Å². The lowest BCUT2D eigenvalue weighted by Gasteiger charge is -2.36. The fourth-order valence-corrected chi connectivity index (χ4v) is 6.40. The second-order valence-electron chi connectivity index (χ2n) is 9.64. The maximum absolute atomic E-state index is 10.4. The van der Waals surface area contributed by atoms with E-state index in [-0.39, 0.29) is 12.3 Å². The largest absolute Gasteiger partial charge is 0.381 e. The number of anilines is 1. The highest BCUT2D eigenvalue weighted by atomic mass is 32.1. The van der Waals surface area contributed by atoms with Crippen LogP contribution in [-0.4, -0.2) is 64.8 Å². The Morgan fingerprint density at radius 2 is 2.06 bits per heavy atom. The zero-order chi connectivity index (χ0) is 23.8. The van der Waals surface area contributed by atoms with E-state index in [2.05, 4.69) is 29.1 Å². The molecule has 0 saturated carbocycles. The summed E-state index contributed by atoms with van der Waals surface area (Å²) in [7, 11) is 0. The average molecular weight is 495 g/mol. The molecule has 0 bridgehead atoms. The summed E-state index contributed by atoms with van der Waals surface area (Å²) in [6.45, 7) is 6.15. The van der Waals surface area contributed by atoms with Crippen LogP contribution in [0.15, 0.2) is 18.3 Å². The van der Waals surface area contributed by atoms with Crippen molar-refractivity contribution in [3.8, 4) is 17.5 Å². The molecule has 0 aromatic carbocycles. The summed E-state index contributed by atoms with van der Waals surface area (Å²) < 4.78 is 25.2. The second-order valence-corrected chi connectivity index (χ2v) is 10.4. The summed E-state index contributed by atoms with van der Waals surface area (Å²) in [6.07, 6.45) is 6.19. The van der Waals surface area contributed by atoms with Crippen LogP contribution in [0.1, 0.15) is 50.8 Å². The zero-order valence-corrected chi connectivity index (χ0v) is 20.8. The molecule has 0 amide bonds. The SMILES string of the molecule is C[C@@H]1COCCN1c1cc(C2(C#N)CCOCC2)c2snc(-c3ccnn3C3CCCCO3)c2n1. The number of aromatic nitrogens is 4. The number of pyridine rings is 1. The van der Waals surface area contributed by atoms with Crippen LogP contribution >= 0.6 is 11.5 Å². The van der Waals surface area contributed by atoms with Gasteiger partial charge in [0.1, 0.15) is 17.0 Å². The molecular formula is C25H30N6O3S. The Balaban J connectivity index is 1.53. The van der Waals surface area contributed by atoms with Gasteiger partial charge in [0.15, 0.2) is 6.23 Å². The first-order chi connectivity index (χ1) is 17.2. The Morgan fingerprint density at radius 1 is 1.17 bits per heavy atom. The van der Waals surface area contributed by atoms with E-state index in [1.807, 2.05) is 16.9 Å². The van der Waals surface area contributed by atoms with E-state index in [0.717, 1.165) is 65.4 Å². The third-order valence-corrected chi connectivity index (χ3v) is 8.36. The maximum Gasteiger partial charge on any atom is 0.150 e. The van der Waals surface area contributed by atoms with E-state index in [1.165, 1.54) is 11.5 Å². The molecule has 2 atom stereocenters. The van der Waals surface area contributed by atoms with Gasteiger partial charge in [-0.15, -0.1) is 0 Å². The molecule has 3 fully saturated rings. The predicted octanol–water partition coefficient (Wildman–Crippen LogP) is 4.05. The minimum Gasteiger partial charge on any atom is -0.381 e.